The maximum atomic E-state index is 13.1. The van der Waals surface area contributed by atoms with Gasteiger partial charge in [-0.1, -0.05) is 19.1 Å². The lowest BCUT2D eigenvalue weighted by molar-refractivity contribution is -0.267. The van der Waals surface area contributed by atoms with Gasteiger partial charge in [-0.05, 0) is 25.5 Å². The Hall–Kier alpha value is -1.76. The molecule has 2 N–H and O–H groups in total. The van der Waals surface area contributed by atoms with E-state index in [0.717, 1.165) is 18.6 Å². The summed E-state index contributed by atoms with van der Waals surface area (Å²) in [7, 11) is 0. The summed E-state index contributed by atoms with van der Waals surface area (Å²) in [6.07, 6.45) is -4.31. The van der Waals surface area contributed by atoms with E-state index in [1.807, 2.05) is 6.92 Å². The Balaban J connectivity index is 3.13. The lowest BCUT2D eigenvalue weighted by Gasteiger charge is -2.28. The number of aliphatic hydroxyl groups is 1. The summed E-state index contributed by atoms with van der Waals surface area (Å²) < 4.78 is 43.7. The summed E-state index contributed by atoms with van der Waals surface area (Å²) in [5, 5.41) is 12.9. The fourth-order valence-corrected chi connectivity index (χ4v) is 1.73. The van der Waals surface area contributed by atoms with Gasteiger partial charge in [0, 0.05) is 17.8 Å². The molecule has 0 unspecified atom stereocenters. The molecule has 7 heteroatoms. The van der Waals surface area contributed by atoms with Gasteiger partial charge in [0.25, 0.3) is 5.60 Å². The zero-order chi connectivity index (χ0) is 16.1. The largest absolute Gasteiger partial charge is 0.463 e. The van der Waals surface area contributed by atoms with Crippen LogP contribution in [0.5, 0.6) is 0 Å². The van der Waals surface area contributed by atoms with Gasteiger partial charge < -0.3 is 15.2 Å². The number of ether oxygens (including phenoxy) is 1. The molecule has 0 aromatic heterocycles. The molecule has 21 heavy (non-hydrogen) atoms. The van der Waals surface area contributed by atoms with Gasteiger partial charge in [-0.2, -0.15) is 13.2 Å². The minimum atomic E-state index is -5.17. The Labute approximate surface area is 120 Å². The second kappa shape index (κ2) is 6.80. The normalized spacial score (nSPS) is 14.4. The van der Waals surface area contributed by atoms with Crippen LogP contribution in [-0.2, 0) is 15.1 Å². The Kier molecular flexibility index (Phi) is 5.60. The van der Waals surface area contributed by atoms with E-state index in [2.05, 4.69) is 10.1 Å². The first-order valence-electron chi connectivity index (χ1n) is 6.58. The van der Waals surface area contributed by atoms with Crippen molar-refractivity contribution in [2.75, 3.05) is 18.5 Å². The number of rotatable bonds is 6. The standard InChI is InChI=1S/C14H18F3NO3/c1-3-9-18-11-7-5-10(6-8-11)13(20,14(15,16)17)12(19)21-4-2/h5-8,18,20H,3-4,9H2,1-2H3/t13-/m1/s1. The highest BCUT2D eigenvalue weighted by atomic mass is 19.4. The summed E-state index contributed by atoms with van der Waals surface area (Å²) in [5.74, 6) is -1.73. The summed E-state index contributed by atoms with van der Waals surface area (Å²) in [6.45, 7) is 3.73. The smallest absolute Gasteiger partial charge is 0.432 e. The van der Waals surface area contributed by atoms with E-state index in [-0.39, 0.29) is 6.61 Å². The molecule has 118 valence electrons. The molecule has 0 heterocycles. The topological polar surface area (TPSA) is 58.6 Å². The molecular formula is C14H18F3NO3. The molecule has 0 saturated heterocycles. The Bertz CT molecular complexity index is 473. The van der Waals surface area contributed by atoms with E-state index < -0.39 is 23.3 Å². The number of nitrogens with one attached hydrogen (secondary N) is 1. The van der Waals surface area contributed by atoms with Gasteiger partial charge in [0.05, 0.1) is 6.61 Å². The molecule has 0 aliphatic carbocycles. The number of halogens is 3. The van der Waals surface area contributed by atoms with Crippen LogP contribution in [0.3, 0.4) is 0 Å². The highest BCUT2D eigenvalue weighted by molar-refractivity contribution is 5.82. The number of hydrogen-bond acceptors (Lipinski definition) is 4. The molecular weight excluding hydrogens is 287 g/mol. The second-order valence-corrected chi connectivity index (χ2v) is 4.43. The Morgan fingerprint density at radius 3 is 2.24 bits per heavy atom. The van der Waals surface area contributed by atoms with Gasteiger partial charge in [0.15, 0.2) is 0 Å². The van der Waals surface area contributed by atoms with Gasteiger partial charge in [-0.3, -0.25) is 0 Å². The average molecular weight is 305 g/mol. The van der Waals surface area contributed by atoms with E-state index in [1.165, 1.54) is 19.1 Å². The molecule has 0 amide bonds. The Morgan fingerprint density at radius 2 is 1.81 bits per heavy atom. The van der Waals surface area contributed by atoms with Crippen LogP contribution >= 0.6 is 0 Å². The number of alkyl halides is 3. The SMILES string of the molecule is CCCNc1ccc([C@@](O)(C(=O)OCC)C(F)(F)F)cc1. The molecule has 1 atom stereocenters. The zero-order valence-corrected chi connectivity index (χ0v) is 11.8. The van der Waals surface area contributed by atoms with Crippen molar-refractivity contribution in [1.82, 2.24) is 0 Å². The number of esters is 1. The molecule has 0 spiro atoms. The van der Waals surface area contributed by atoms with Crippen LogP contribution in [0, 0.1) is 0 Å². The van der Waals surface area contributed by atoms with Gasteiger partial charge in [-0.15, -0.1) is 0 Å². The molecule has 1 aromatic rings. The van der Waals surface area contributed by atoms with Crippen molar-refractivity contribution in [3.05, 3.63) is 29.8 Å². The van der Waals surface area contributed by atoms with Gasteiger partial charge in [0.2, 0.25) is 0 Å². The van der Waals surface area contributed by atoms with E-state index in [4.69, 9.17) is 0 Å². The number of carbonyl (C=O) groups excluding carboxylic acids is 1. The van der Waals surface area contributed by atoms with Crippen LogP contribution in [0.1, 0.15) is 25.8 Å². The van der Waals surface area contributed by atoms with Crippen LogP contribution < -0.4 is 5.32 Å². The van der Waals surface area contributed by atoms with E-state index in [9.17, 15) is 23.1 Å². The number of hydrogen-bond donors (Lipinski definition) is 2. The summed E-state index contributed by atoms with van der Waals surface area (Å²) in [4.78, 5) is 11.6. The minimum Gasteiger partial charge on any atom is -0.463 e. The maximum Gasteiger partial charge on any atom is 0.432 e. The third kappa shape index (κ3) is 3.66. The van der Waals surface area contributed by atoms with Crippen LogP contribution in [0.25, 0.3) is 0 Å². The first-order chi connectivity index (χ1) is 9.77. The fraction of sp³-hybridized carbons (Fsp3) is 0.500. The zero-order valence-electron chi connectivity index (χ0n) is 11.8. The van der Waals surface area contributed by atoms with Crippen LogP contribution in [-0.4, -0.2) is 30.4 Å². The number of anilines is 1. The van der Waals surface area contributed by atoms with E-state index in [0.29, 0.717) is 12.2 Å². The van der Waals surface area contributed by atoms with Gasteiger partial charge in [-0.25, -0.2) is 4.79 Å². The lowest BCUT2D eigenvalue weighted by Crippen LogP contribution is -2.50. The van der Waals surface area contributed by atoms with Crippen molar-refractivity contribution < 1.29 is 27.8 Å². The monoisotopic (exact) mass is 305 g/mol. The lowest BCUT2D eigenvalue weighted by atomic mass is 9.93. The van der Waals surface area contributed by atoms with Crippen molar-refractivity contribution in [2.45, 2.75) is 32.0 Å². The van der Waals surface area contributed by atoms with Crippen molar-refractivity contribution in [1.29, 1.82) is 0 Å². The van der Waals surface area contributed by atoms with E-state index in [1.54, 1.807) is 0 Å². The van der Waals surface area contributed by atoms with Crippen LogP contribution in [0.15, 0.2) is 24.3 Å². The predicted molar refractivity (Wildman–Crippen MR) is 71.8 cm³/mol. The Morgan fingerprint density at radius 1 is 1.24 bits per heavy atom. The fourth-order valence-electron chi connectivity index (χ4n) is 1.73. The average Bonchev–Trinajstić information content (AvgIpc) is 2.43. The van der Waals surface area contributed by atoms with Crippen molar-refractivity contribution in [3.63, 3.8) is 0 Å². The van der Waals surface area contributed by atoms with E-state index >= 15 is 0 Å². The highest BCUT2D eigenvalue weighted by Crippen LogP contribution is 2.40. The third-order valence-electron chi connectivity index (χ3n) is 2.86. The molecule has 1 aromatic carbocycles. The minimum absolute atomic E-state index is 0.257. The predicted octanol–water partition coefficient (Wildman–Crippen LogP) is 2.82. The second-order valence-electron chi connectivity index (χ2n) is 4.43. The summed E-state index contributed by atoms with van der Waals surface area (Å²) in [6, 6.07) is 4.87. The molecule has 4 nitrogen and oxygen atoms in total. The molecule has 0 fully saturated rings. The van der Waals surface area contributed by atoms with Gasteiger partial charge >= 0.3 is 12.1 Å². The van der Waals surface area contributed by atoms with Crippen LogP contribution in [0.4, 0.5) is 18.9 Å². The number of carbonyl (C=O) groups is 1. The van der Waals surface area contributed by atoms with Crippen LogP contribution in [0.2, 0.25) is 0 Å². The summed E-state index contributed by atoms with van der Waals surface area (Å²) in [5.41, 5.74) is -3.63. The quantitative estimate of drug-likeness (QED) is 0.794. The number of benzene rings is 1. The molecule has 0 saturated carbocycles. The molecule has 0 bridgehead atoms. The van der Waals surface area contributed by atoms with Crippen molar-refractivity contribution in [3.8, 4) is 0 Å². The first kappa shape index (κ1) is 17.3. The third-order valence-corrected chi connectivity index (χ3v) is 2.86. The van der Waals surface area contributed by atoms with Gasteiger partial charge in [0.1, 0.15) is 0 Å². The highest BCUT2D eigenvalue weighted by Gasteiger charge is 2.62. The maximum absolute atomic E-state index is 13.1. The molecule has 0 radical (unpaired) electrons. The first-order valence-corrected chi connectivity index (χ1v) is 6.58. The van der Waals surface area contributed by atoms with Crippen molar-refractivity contribution >= 4 is 11.7 Å². The molecule has 0 aliphatic rings. The summed E-state index contributed by atoms with van der Waals surface area (Å²) >= 11 is 0. The molecule has 0 aliphatic heterocycles. The van der Waals surface area contributed by atoms with Crippen molar-refractivity contribution in [2.24, 2.45) is 0 Å². The molecule has 1 rings (SSSR count).